The van der Waals surface area contributed by atoms with Gasteiger partial charge in [0.2, 0.25) is 11.8 Å². The molecular weight excluding hydrogens is 414 g/mol. The van der Waals surface area contributed by atoms with Gasteiger partial charge in [0, 0.05) is 25.4 Å². The standard InChI is InChI=1S/C26H51N5O2/c27-14-7-17-28-15-4-5-16-29-18-8-20-30-25(32)11-2-1-3-19-31-26(33)24-13-12-22-9-6-10-23(24)21-22/h22-24,28-29H,1-21,27H2,(H,30,32)(H,31,33). The Hall–Kier alpha value is -1.18. The van der Waals surface area contributed by atoms with Crippen LogP contribution in [0.4, 0.5) is 0 Å². The second-order valence-corrected chi connectivity index (χ2v) is 10.1. The Bertz CT molecular complexity index is 531. The summed E-state index contributed by atoms with van der Waals surface area (Å²) < 4.78 is 0. The molecule has 2 fully saturated rings. The van der Waals surface area contributed by atoms with Crippen LogP contribution in [0.2, 0.25) is 0 Å². The van der Waals surface area contributed by atoms with Gasteiger partial charge in [-0.2, -0.15) is 0 Å². The lowest BCUT2D eigenvalue weighted by Gasteiger charge is -2.39. The molecule has 33 heavy (non-hydrogen) atoms. The molecule has 0 spiro atoms. The van der Waals surface area contributed by atoms with Crippen molar-refractivity contribution >= 4 is 11.8 Å². The first-order valence-electron chi connectivity index (χ1n) is 13.9. The molecule has 2 aliphatic rings. The van der Waals surface area contributed by atoms with Crippen molar-refractivity contribution in [2.75, 3.05) is 45.8 Å². The summed E-state index contributed by atoms with van der Waals surface area (Å²) in [5.41, 5.74) is 5.46. The smallest absolute Gasteiger partial charge is 0.223 e. The Kier molecular flexibility index (Phi) is 15.5. The van der Waals surface area contributed by atoms with Crippen molar-refractivity contribution in [1.29, 1.82) is 0 Å². The summed E-state index contributed by atoms with van der Waals surface area (Å²) in [6, 6.07) is 0. The third-order valence-electron chi connectivity index (χ3n) is 7.36. The van der Waals surface area contributed by atoms with Crippen LogP contribution in [0, 0.1) is 17.8 Å². The normalized spacial score (nSPS) is 22.2. The number of fused-ring (bicyclic) bond motifs is 2. The van der Waals surface area contributed by atoms with Crippen molar-refractivity contribution in [3.8, 4) is 0 Å². The lowest BCUT2D eigenvalue weighted by molar-refractivity contribution is -0.129. The molecule has 2 bridgehead atoms. The minimum absolute atomic E-state index is 0.150. The van der Waals surface area contributed by atoms with Crippen molar-refractivity contribution in [2.45, 2.75) is 89.9 Å². The van der Waals surface area contributed by atoms with Crippen LogP contribution in [-0.2, 0) is 9.59 Å². The van der Waals surface area contributed by atoms with E-state index in [2.05, 4.69) is 21.3 Å². The third-order valence-corrected chi connectivity index (χ3v) is 7.36. The van der Waals surface area contributed by atoms with E-state index in [4.69, 9.17) is 5.73 Å². The Morgan fingerprint density at radius 3 is 2.18 bits per heavy atom. The highest BCUT2D eigenvalue weighted by molar-refractivity contribution is 5.79. The van der Waals surface area contributed by atoms with Crippen molar-refractivity contribution < 1.29 is 9.59 Å². The maximum absolute atomic E-state index is 12.5. The summed E-state index contributed by atoms with van der Waals surface area (Å²) in [4.78, 5) is 24.5. The highest BCUT2D eigenvalue weighted by Crippen LogP contribution is 2.43. The van der Waals surface area contributed by atoms with Crippen molar-refractivity contribution in [3.05, 3.63) is 0 Å². The Morgan fingerprint density at radius 2 is 1.39 bits per heavy atom. The number of amides is 2. The molecule has 7 nitrogen and oxygen atoms in total. The van der Waals surface area contributed by atoms with Crippen LogP contribution in [0.1, 0.15) is 89.9 Å². The van der Waals surface area contributed by atoms with Gasteiger partial charge >= 0.3 is 0 Å². The number of hydrogen-bond donors (Lipinski definition) is 5. The van der Waals surface area contributed by atoms with Gasteiger partial charge in [0.05, 0.1) is 0 Å². The predicted octanol–water partition coefficient (Wildman–Crippen LogP) is 2.69. The topological polar surface area (TPSA) is 108 Å². The SMILES string of the molecule is NCCCNCCCCNCCCNC(=O)CCCCCNC(=O)C1CCC2CCCC1C2. The fraction of sp³-hybridized carbons (Fsp3) is 0.923. The second kappa shape index (κ2) is 18.2. The summed E-state index contributed by atoms with van der Waals surface area (Å²) in [6.45, 7) is 6.31. The molecule has 192 valence electrons. The fourth-order valence-electron chi connectivity index (χ4n) is 5.39. The first kappa shape index (κ1) is 28.1. The summed E-state index contributed by atoms with van der Waals surface area (Å²) >= 11 is 0. The molecule has 2 aliphatic carbocycles. The van der Waals surface area contributed by atoms with E-state index in [0.717, 1.165) is 90.3 Å². The van der Waals surface area contributed by atoms with Gasteiger partial charge in [-0.3, -0.25) is 9.59 Å². The third kappa shape index (κ3) is 12.7. The molecule has 0 aromatic rings. The lowest BCUT2D eigenvalue weighted by atomic mass is 9.66. The Labute approximate surface area is 202 Å². The van der Waals surface area contributed by atoms with Crippen molar-refractivity contribution in [1.82, 2.24) is 21.3 Å². The van der Waals surface area contributed by atoms with Gasteiger partial charge < -0.3 is 27.0 Å². The zero-order valence-corrected chi connectivity index (χ0v) is 21.0. The molecule has 0 radical (unpaired) electrons. The molecule has 2 rings (SSSR count). The number of rotatable bonds is 19. The molecule has 3 atom stereocenters. The second-order valence-electron chi connectivity index (χ2n) is 10.1. The van der Waals surface area contributed by atoms with Crippen LogP contribution in [0.5, 0.6) is 0 Å². The highest BCUT2D eigenvalue weighted by atomic mass is 16.2. The largest absolute Gasteiger partial charge is 0.356 e. The summed E-state index contributed by atoms with van der Waals surface area (Å²) in [5.74, 6) is 2.21. The van der Waals surface area contributed by atoms with Gasteiger partial charge in [-0.15, -0.1) is 0 Å². The van der Waals surface area contributed by atoms with E-state index in [1.54, 1.807) is 0 Å². The summed E-state index contributed by atoms with van der Waals surface area (Å²) in [5, 5.41) is 13.0. The number of nitrogens with one attached hydrogen (secondary N) is 4. The molecule has 0 aliphatic heterocycles. The minimum Gasteiger partial charge on any atom is -0.356 e. The van der Waals surface area contributed by atoms with E-state index < -0.39 is 0 Å². The van der Waals surface area contributed by atoms with Crippen molar-refractivity contribution in [2.24, 2.45) is 23.5 Å². The number of nitrogens with two attached hydrogens (primary N) is 1. The van der Waals surface area contributed by atoms with Gasteiger partial charge in [-0.05, 0) is 109 Å². The van der Waals surface area contributed by atoms with Gasteiger partial charge in [0.1, 0.15) is 0 Å². The number of hydrogen-bond acceptors (Lipinski definition) is 5. The monoisotopic (exact) mass is 465 g/mol. The highest BCUT2D eigenvalue weighted by Gasteiger charge is 2.36. The average Bonchev–Trinajstić information content (AvgIpc) is 2.82. The molecule has 0 aromatic heterocycles. The summed E-state index contributed by atoms with van der Waals surface area (Å²) in [6.07, 6.45) is 15.3. The molecule has 7 heteroatoms. The Balaban J connectivity index is 1.32. The summed E-state index contributed by atoms with van der Waals surface area (Å²) in [7, 11) is 0. The Morgan fingerprint density at radius 1 is 0.697 bits per heavy atom. The van der Waals surface area contributed by atoms with Crippen LogP contribution in [0.3, 0.4) is 0 Å². The maximum atomic E-state index is 12.5. The predicted molar refractivity (Wildman–Crippen MR) is 136 cm³/mol. The van der Waals surface area contributed by atoms with E-state index in [1.165, 1.54) is 44.9 Å². The van der Waals surface area contributed by atoms with Crippen LogP contribution in [-0.4, -0.2) is 57.6 Å². The van der Waals surface area contributed by atoms with E-state index in [0.29, 0.717) is 12.3 Å². The van der Waals surface area contributed by atoms with E-state index in [-0.39, 0.29) is 17.7 Å². The number of carbonyl (C=O) groups is 2. The first-order valence-corrected chi connectivity index (χ1v) is 13.9. The van der Waals surface area contributed by atoms with Crippen LogP contribution < -0.4 is 27.0 Å². The molecular formula is C26H51N5O2. The molecule has 0 heterocycles. The molecule has 6 N–H and O–H groups in total. The van der Waals surface area contributed by atoms with E-state index in [9.17, 15) is 9.59 Å². The number of unbranched alkanes of at least 4 members (excludes halogenated alkanes) is 3. The van der Waals surface area contributed by atoms with Gasteiger partial charge in [-0.25, -0.2) is 0 Å². The molecule has 0 saturated heterocycles. The van der Waals surface area contributed by atoms with Gasteiger partial charge in [0.15, 0.2) is 0 Å². The molecule has 3 unspecified atom stereocenters. The van der Waals surface area contributed by atoms with Crippen LogP contribution in [0.25, 0.3) is 0 Å². The van der Waals surface area contributed by atoms with Gasteiger partial charge in [-0.1, -0.05) is 19.3 Å². The fourth-order valence-corrected chi connectivity index (χ4v) is 5.39. The van der Waals surface area contributed by atoms with Gasteiger partial charge in [0.25, 0.3) is 0 Å². The molecule has 2 saturated carbocycles. The van der Waals surface area contributed by atoms with Crippen LogP contribution in [0.15, 0.2) is 0 Å². The van der Waals surface area contributed by atoms with E-state index >= 15 is 0 Å². The van der Waals surface area contributed by atoms with E-state index in [1.807, 2.05) is 0 Å². The molecule has 2 amide bonds. The lowest BCUT2D eigenvalue weighted by Crippen LogP contribution is -2.40. The average molecular weight is 466 g/mol. The molecule has 0 aromatic carbocycles. The first-order chi connectivity index (χ1) is 16.2. The van der Waals surface area contributed by atoms with Crippen molar-refractivity contribution in [3.63, 3.8) is 0 Å². The number of carbonyl (C=O) groups excluding carboxylic acids is 2. The minimum atomic E-state index is 0.150. The zero-order chi connectivity index (χ0) is 23.6. The van der Waals surface area contributed by atoms with Crippen LogP contribution >= 0.6 is 0 Å². The maximum Gasteiger partial charge on any atom is 0.223 e. The zero-order valence-electron chi connectivity index (χ0n) is 21.0. The quantitative estimate of drug-likeness (QED) is 0.189.